The topological polar surface area (TPSA) is 98.1 Å². The number of nitrogens with one attached hydrogen (secondary N) is 2. The van der Waals surface area contributed by atoms with Crippen LogP contribution in [0.5, 0.6) is 0 Å². The van der Waals surface area contributed by atoms with Crippen LogP contribution in [0.25, 0.3) is 0 Å². The highest BCUT2D eigenvalue weighted by atomic mass is 16.5. The van der Waals surface area contributed by atoms with Crippen molar-refractivity contribution in [3.63, 3.8) is 0 Å². The van der Waals surface area contributed by atoms with Crippen LogP contribution in [0.3, 0.4) is 0 Å². The van der Waals surface area contributed by atoms with Gasteiger partial charge in [-0.2, -0.15) is 0 Å². The molecule has 1 fully saturated rings. The molecule has 2 amide bonds. The van der Waals surface area contributed by atoms with E-state index >= 15 is 0 Å². The number of fused-ring (bicyclic) bond motifs is 1. The molecule has 25 heavy (non-hydrogen) atoms. The van der Waals surface area contributed by atoms with Gasteiger partial charge in [-0.25, -0.2) is 0 Å². The minimum absolute atomic E-state index is 0.00705. The number of anilines is 2. The van der Waals surface area contributed by atoms with Gasteiger partial charge in [0, 0.05) is 23.2 Å². The molecule has 0 saturated carbocycles. The molecule has 0 radical (unpaired) electrons. The lowest BCUT2D eigenvalue weighted by Gasteiger charge is -2.37. The monoisotopic (exact) mass is 341 g/mol. The zero-order chi connectivity index (χ0) is 17.4. The Morgan fingerprint density at radius 2 is 2.24 bits per heavy atom. The number of nitrogens with zero attached hydrogens (tertiary/aromatic N) is 3. The van der Waals surface area contributed by atoms with Crippen LogP contribution in [0.4, 0.5) is 11.4 Å². The van der Waals surface area contributed by atoms with Crippen molar-refractivity contribution in [2.24, 2.45) is 5.41 Å². The lowest BCUT2D eigenvalue weighted by molar-refractivity contribution is -0.116. The summed E-state index contributed by atoms with van der Waals surface area (Å²) in [4.78, 5) is 23.9. The van der Waals surface area contributed by atoms with E-state index in [1.54, 1.807) is 16.9 Å². The summed E-state index contributed by atoms with van der Waals surface area (Å²) in [5.41, 5.74) is 2.73. The van der Waals surface area contributed by atoms with Crippen molar-refractivity contribution < 1.29 is 14.3 Å². The van der Waals surface area contributed by atoms with Crippen LogP contribution < -0.4 is 10.6 Å². The molecule has 0 bridgehead atoms. The maximum Gasteiger partial charge on any atom is 0.277 e. The highest BCUT2D eigenvalue weighted by Crippen LogP contribution is 2.28. The van der Waals surface area contributed by atoms with Crippen molar-refractivity contribution in [1.82, 2.24) is 15.0 Å². The first kappa shape index (κ1) is 15.8. The number of benzene rings is 1. The molecule has 4 rings (SSSR count). The fourth-order valence-corrected chi connectivity index (χ4v) is 3.06. The van der Waals surface area contributed by atoms with Crippen molar-refractivity contribution in [2.45, 2.75) is 26.3 Å². The second-order valence-electron chi connectivity index (χ2n) is 6.98. The second kappa shape index (κ2) is 5.96. The lowest BCUT2D eigenvalue weighted by atomic mass is 9.89. The van der Waals surface area contributed by atoms with Gasteiger partial charge in [0.1, 0.15) is 0 Å². The van der Waals surface area contributed by atoms with Gasteiger partial charge >= 0.3 is 0 Å². The van der Waals surface area contributed by atoms with E-state index in [0.717, 1.165) is 11.3 Å². The number of hydrogen-bond acceptors (Lipinski definition) is 5. The van der Waals surface area contributed by atoms with Crippen LogP contribution in [-0.4, -0.2) is 40.0 Å². The van der Waals surface area contributed by atoms with Crippen molar-refractivity contribution >= 4 is 23.2 Å². The zero-order valence-electron chi connectivity index (χ0n) is 13.9. The molecule has 8 heteroatoms. The molecule has 0 aliphatic carbocycles. The Morgan fingerprint density at radius 1 is 1.40 bits per heavy atom. The van der Waals surface area contributed by atoms with E-state index in [-0.39, 0.29) is 22.9 Å². The Hall–Kier alpha value is -2.74. The zero-order valence-corrected chi connectivity index (χ0v) is 13.9. The number of ether oxygens (including phenoxy) is 1. The number of aryl methyl sites for hydroxylation is 1. The number of carbonyl (C=O) groups excluding carboxylic acids is 2. The highest BCUT2D eigenvalue weighted by Gasteiger charge is 2.34. The third-order valence-electron chi connectivity index (χ3n) is 4.48. The molecule has 0 spiro atoms. The molecule has 3 heterocycles. The molecule has 0 atom stereocenters. The van der Waals surface area contributed by atoms with Gasteiger partial charge in [-0.05, 0) is 24.1 Å². The summed E-state index contributed by atoms with van der Waals surface area (Å²) in [6.07, 6.45) is 2.84. The Morgan fingerprint density at radius 3 is 3.00 bits per heavy atom. The molecular weight excluding hydrogens is 322 g/mol. The molecule has 0 unspecified atom stereocenters. The maximum absolute atomic E-state index is 12.4. The minimum atomic E-state index is -0.330. The van der Waals surface area contributed by atoms with E-state index in [1.807, 2.05) is 12.1 Å². The predicted molar refractivity (Wildman–Crippen MR) is 90.3 cm³/mol. The van der Waals surface area contributed by atoms with Gasteiger partial charge in [-0.1, -0.05) is 18.2 Å². The van der Waals surface area contributed by atoms with Crippen molar-refractivity contribution in [3.8, 4) is 0 Å². The van der Waals surface area contributed by atoms with E-state index in [9.17, 15) is 9.59 Å². The fraction of sp³-hybridized carbons (Fsp3) is 0.412. The molecule has 2 aromatic rings. The van der Waals surface area contributed by atoms with Crippen molar-refractivity contribution in [3.05, 3.63) is 35.7 Å². The third kappa shape index (κ3) is 3.25. The quantitative estimate of drug-likeness (QED) is 0.877. The number of rotatable bonds is 4. The van der Waals surface area contributed by atoms with Crippen LogP contribution in [0.2, 0.25) is 0 Å². The summed E-state index contributed by atoms with van der Waals surface area (Å²) in [7, 11) is 0. The largest absolute Gasteiger partial charge is 0.380 e. The van der Waals surface area contributed by atoms with Gasteiger partial charge in [0.25, 0.3) is 5.91 Å². The average molecular weight is 341 g/mol. The number of aromatic nitrogens is 3. The summed E-state index contributed by atoms with van der Waals surface area (Å²) in [6.45, 7) is 4.15. The Balaban J connectivity index is 1.44. The molecule has 2 N–H and O–H groups in total. The van der Waals surface area contributed by atoms with Gasteiger partial charge in [-0.15, -0.1) is 5.10 Å². The number of hydrogen-bond donors (Lipinski definition) is 2. The van der Waals surface area contributed by atoms with Crippen LogP contribution in [-0.2, 0) is 22.5 Å². The molecule has 130 valence electrons. The normalized spacial score (nSPS) is 18.0. The van der Waals surface area contributed by atoms with Crippen LogP contribution in [0.15, 0.2) is 24.4 Å². The summed E-state index contributed by atoms with van der Waals surface area (Å²) in [5.74, 6) is -0.337. The highest BCUT2D eigenvalue weighted by molar-refractivity contribution is 6.03. The van der Waals surface area contributed by atoms with Gasteiger partial charge in [0.2, 0.25) is 5.91 Å². The van der Waals surface area contributed by atoms with E-state index in [2.05, 4.69) is 27.9 Å². The first-order chi connectivity index (χ1) is 12.0. The molecule has 8 nitrogen and oxygen atoms in total. The maximum atomic E-state index is 12.4. The third-order valence-corrected chi connectivity index (χ3v) is 4.48. The standard InChI is InChI=1S/C17H19N5O3/c1-17(9-25-10-17)8-22-7-14(20-21-22)16(24)18-12-4-2-11-3-5-15(23)19-13(11)6-12/h2,4,6-7H,3,5,8-10H2,1H3,(H,18,24)(H,19,23). The molecular formula is C17H19N5O3. The first-order valence-corrected chi connectivity index (χ1v) is 8.23. The Kier molecular flexibility index (Phi) is 3.76. The van der Waals surface area contributed by atoms with E-state index in [0.29, 0.717) is 38.3 Å². The lowest BCUT2D eigenvalue weighted by Crippen LogP contribution is -2.43. The summed E-state index contributed by atoms with van der Waals surface area (Å²) < 4.78 is 6.90. The van der Waals surface area contributed by atoms with Gasteiger partial charge in [-0.3, -0.25) is 14.3 Å². The molecule has 1 saturated heterocycles. The summed E-state index contributed by atoms with van der Waals surface area (Å²) in [5, 5.41) is 13.6. The second-order valence-corrected chi connectivity index (χ2v) is 6.98. The fourth-order valence-electron chi connectivity index (χ4n) is 3.06. The summed E-state index contributed by atoms with van der Waals surface area (Å²) in [6, 6.07) is 5.51. The van der Waals surface area contributed by atoms with E-state index in [4.69, 9.17) is 4.74 Å². The predicted octanol–water partition coefficient (Wildman–Crippen LogP) is 1.45. The van der Waals surface area contributed by atoms with Gasteiger partial charge in [0.05, 0.1) is 26.0 Å². The first-order valence-electron chi connectivity index (χ1n) is 8.23. The smallest absolute Gasteiger partial charge is 0.277 e. The molecule has 1 aromatic carbocycles. The number of amides is 2. The van der Waals surface area contributed by atoms with Crippen LogP contribution >= 0.6 is 0 Å². The van der Waals surface area contributed by atoms with E-state index in [1.165, 1.54) is 0 Å². The van der Waals surface area contributed by atoms with Gasteiger partial charge < -0.3 is 15.4 Å². The van der Waals surface area contributed by atoms with Crippen molar-refractivity contribution in [1.29, 1.82) is 0 Å². The van der Waals surface area contributed by atoms with E-state index < -0.39 is 0 Å². The average Bonchev–Trinajstić information content (AvgIpc) is 3.01. The van der Waals surface area contributed by atoms with Crippen molar-refractivity contribution in [2.75, 3.05) is 23.8 Å². The molecule has 2 aliphatic heterocycles. The minimum Gasteiger partial charge on any atom is -0.380 e. The molecule has 1 aromatic heterocycles. The van der Waals surface area contributed by atoms with Crippen LogP contribution in [0, 0.1) is 5.41 Å². The SMILES string of the molecule is CC1(Cn2cc(C(=O)Nc3ccc4c(c3)NC(=O)CC4)nn2)COC1. The Labute approximate surface area is 144 Å². The Bertz CT molecular complexity index is 841. The summed E-state index contributed by atoms with van der Waals surface area (Å²) >= 11 is 0. The van der Waals surface area contributed by atoms with Gasteiger partial charge in [0.15, 0.2) is 5.69 Å². The number of carbonyl (C=O) groups is 2. The van der Waals surface area contributed by atoms with Crippen LogP contribution in [0.1, 0.15) is 29.4 Å². The molecule has 2 aliphatic rings.